The first kappa shape index (κ1) is 14.1. The van der Waals surface area contributed by atoms with Gasteiger partial charge in [0.25, 0.3) is 0 Å². The van der Waals surface area contributed by atoms with Gasteiger partial charge >= 0.3 is 0 Å². The maximum atomic E-state index is 11.4. The molecule has 1 aromatic rings. The molecule has 1 atom stereocenters. The number of carbonyl (C=O) groups is 2. The van der Waals surface area contributed by atoms with Gasteiger partial charge < -0.3 is 15.6 Å². The summed E-state index contributed by atoms with van der Waals surface area (Å²) in [6, 6.07) is 6.37. The summed E-state index contributed by atoms with van der Waals surface area (Å²) in [5.74, 6) is -0.237. The second-order valence-corrected chi connectivity index (χ2v) is 3.87. The topological polar surface area (TPSA) is 104 Å². The van der Waals surface area contributed by atoms with Crippen LogP contribution in [0.5, 0.6) is 0 Å². The minimum absolute atomic E-state index is 0.0176. The van der Waals surface area contributed by atoms with E-state index in [1.807, 2.05) is 0 Å². The van der Waals surface area contributed by atoms with Crippen molar-refractivity contribution in [2.24, 2.45) is 5.73 Å². The van der Waals surface area contributed by atoms with Crippen LogP contribution in [0.15, 0.2) is 24.3 Å². The highest BCUT2D eigenvalue weighted by Crippen LogP contribution is 2.08. The highest BCUT2D eigenvalue weighted by Gasteiger charge is 2.05. The number of amides is 1. The summed E-state index contributed by atoms with van der Waals surface area (Å²) in [4.78, 5) is 21.6. The lowest BCUT2D eigenvalue weighted by atomic mass is 10.2. The van der Waals surface area contributed by atoms with Crippen molar-refractivity contribution in [1.29, 1.82) is 0 Å². The Morgan fingerprint density at radius 1 is 1.39 bits per heavy atom. The fourth-order valence-electron chi connectivity index (χ4n) is 1.26. The molecule has 0 unspecified atom stereocenters. The normalized spacial score (nSPS) is 11.7. The van der Waals surface area contributed by atoms with Crippen LogP contribution in [-0.2, 0) is 16.2 Å². The number of hydrogen-bond donors (Lipinski definition) is 4. The van der Waals surface area contributed by atoms with Gasteiger partial charge in [0.2, 0.25) is 5.91 Å². The minimum atomic E-state index is -0.598. The summed E-state index contributed by atoms with van der Waals surface area (Å²) in [5.41, 5.74) is 12.1. The number of nitrogens with two attached hydrogens (primary N) is 1. The summed E-state index contributed by atoms with van der Waals surface area (Å²) in [6.45, 7) is -0.0176. The quantitative estimate of drug-likeness (QED) is 0.401. The average Bonchev–Trinajstić information content (AvgIpc) is 2.42. The number of benzene rings is 1. The zero-order valence-electron chi connectivity index (χ0n) is 9.93. The zero-order valence-corrected chi connectivity index (χ0v) is 9.93. The fourth-order valence-corrected chi connectivity index (χ4v) is 1.26. The second-order valence-electron chi connectivity index (χ2n) is 3.87. The van der Waals surface area contributed by atoms with Gasteiger partial charge in [-0.1, -0.05) is 12.1 Å². The number of rotatable bonds is 7. The lowest BCUT2D eigenvalue weighted by Crippen LogP contribution is -2.31. The first-order chi connectivity index (χ1) is 8.65. The van der Waals surface area contributed by atoms with Gasteiger partial charge in [0, 0.05) is 6.42 Å². The standard InChI is InChI=1S/C12H17N3O3/c13-10(8-17)3-6-12(18)15-14-11-4-1-9(7-16)2-5-11/h1-2,4-5,8,10,14,16H,3,6-7,13H2,(H,15,18)/t10-/m0/s1. The Kier molecular flexibility index (Phi) is 5.83. The molecule has 0 aromatic heterocycles. The van der Waals surface area contributed by atoms with Crippen LogP contribution in [-0.4, -0.2) is 23.3 Å². The van der Waals surface area contributed by atoms with Crippen molar-refractivity contribution >= 4 is 17.9 Å². The molecule has 0 heterocycles. The lowest BCUT2D eigenvalue weighted by molar-refractivity contribution is -0.120. The molecule has 6 heteroatoms. The molecule has 0 aliphatic carbocycles. The van der Waals surface area contributed by atoms with Crippen molar-refractivity contribution < 1.29 is 14.7 Å². The predicted molar refractivity (Wildman–Crippen MR) is 67.4 cm³/mol. The number of aliphatic hydroxyl groups excluding tert-OH is 1. The van der Waals surface area contributed by atoms with E-state index >= 15 is 0 Å². The number of anilines is 1. The summed E-state index contributed by atoms with van der Waals surface area (Å²) in [5, 5.41) is 8.86. The number of hydrogen-bond acceptors (Lipinski definition) is 5. The Morgan fingerprint density at radius 2 is 2.06 bits per heavy atom. The van der Waals surface area contributed by atoms with Crippen LogP contribution in [0.25, 0.3) is 0 Å². The van der Waals surface area contributed by atoms with Gasteiger partial charge in [0.05, 0.1) is 18.3 Å². The average molecular weight is 251 g/mol. The van der Waals surface area contributed by atoms with Gasteiger partial charge in [-0.15, -0.1) is 0 Å². The molecule has 1 rings (SSSR count). The molecule has 0 bridgehead atoms. The van der Waals surface area contributed by atoms with E-state index in [-0.39, 0.29) is 18.9 Å². The van der Waals surface area contributed by atoms with Crippen molar-refractivity contribution in [2.75, 3.05) is 5.43 Å². The molecule has 0 spiro atoms. The Balaban J connectivity index is 2.31. The number of aldehydes is 1. The third-order valence-corrected chi connectivity index (χ3v) is 2.36. The number of carbonyl (C=O) groups excluding carboxylic acids is 2. The first-order valence-electron chi connectivity index (χ1n) is 5.61. The molecule has 0 saturated heterocycles. The van der Waals surface area contributed by atoms with E-state index in [0.717, 1.165) is 5.56 Å². The van der Waals surface area contributed by atoms with E-state index in [2.05, 4.69) is 10.9 Å². The van der Waals surface area contributed by atoms with Gasteiger partial charge in [-0.3, -0.25) is 15.6 Å². The van der Waals surface area contributed by atoms with Crippen LogP contribution in [0.4, 0.5) is 5.69 Å². The van der Waals surface area contributed by atoms with E-state index in [4.69, 9.17) is 10.8 Å². The molecule has 0 saturated carbocycles. The van der Waals surface area contributed by atoms with E-state index < -0.39 is 6.04 Å². The molecule has 98 valence electrons. The molecular formula is C12H17N3O3. The molecule has 1 aromatic carbocycles. The molecule has 0 aliphatic rings. The number of hydrazine groups is 1. The van der Waals surface area contributed by atoms with Crippen LogP contribution in [0.1, 0.15) is 18.4 Å². The van der Waals surface area contributed by atoms with Crippen LogP contribution >= 0.6 is 0 Å². The Morgan fingerprint density at radius 3 is 2.61 bits per heavy atom. The molecule has 0 aliphatic heterocycles. The van der Waals surface area contributed by atoms with Crippen molar-refractivity contribution in [3.05, 3.63) is 29.8 Å². The highest BCUT2D eigenvalue weighted by molar-refractivity contribution is 5.77. The zero-order chi connectivity index (χ0) is 13.4. The predicted octanol–water partition coefficient (Wildman–Crippen LogP) is -0.0716. The summed E-state index contributed by atoms with van der Waals surface area (Å²) in [7, 11) is 0. The van der Waals surface area contributed by atoms with Crippen molar-refractivity contribution in [2.45, 2.75) is 25.5 Å². The van der Waals surface area contributed by atoms with E-state index in [1.165, 1.54) is 0 Å². The molecule has 18 heavy (non-hydrogen) atoms. The van der Waals surface area contributed by atoms with Crippen LogP contribution in [0.3, 0.4) is 0 Å². The molecule has 0 radical (unpaired) electrons. The third-order valence-electron chi connectivity index (χ3n) is 2.36. The highest BCUT2D eigenvalue weighted by atomic mass is 16.3. The molecular weight excluding hydrogens is 234 g/mol. The SMILES string of the molecule is N[C@H](C=O)CCC(=O)NNc1ccc(CO)cc1. The second kappa shape index (κ2) is 7.41. The van der Waals surface area contributed by atoms with Crippen LogP contribution in [0, 0.1) is 0 Å². The lowest BCUT2D eigenvalue weighted by Gasteiger charge is -2.09. The third kappa shape index (κ3) is 4.94. The van der Waals surface area contributed by atoms with E-state index in [1.54, 1.807) is 24.3 Å². The Labute approximate surface area is 105 Å². The van der Waals surface area contributed by atoms with Gasteiger partial charge in [0.1, 0.15) is 6.29 Å². The maximum Gasteiger partial charge on any atom is 0.238 e. The van der Waals surface area contributed by atoms with E-state index in [0.29, 0.717) is 18.4 Å². The van der Waals surface area contributed by atoms with Gasteiger partial charge in [-0.05, 0) is 24.1 Å². The van der Waals surface area contributed by atoms with Gasteiger partial charge in [0.15, 0.2) is 0 Å². The minimum Gasteiger partial charge on any atom is -0.392 e. The van der Waals surface area contributed by atoms with Crippen LogP contribution in [0.2, 0.25) is 0 Å². The van der Waals surface area contributed by atoms with Gasteiger partial charge in [-0.2, -0.15) is 0 Å². The maximum absolute atomic E-state index is 11.4. The fraction of sp³-hybridized carbons (Fsp3) is 0.333. The van der Waals surface area contributed by atoms with Gasteiger partial charge in [-0.25, -0.2) is 0 Å². The smallest absolute Gasteiger partial charge is 0.238 e. The number of aliphatic hydroxyl groups is 1. The summed E-state index contributed by atoms with van der Waals surface area (Å²) < 4.78 is 0. The Bertz CT molecular complexity index is 392. The van der Waals surface area contributed by atoms with Crippen LogP contribution < -0.4 is 16.6 Å². The molecule has 5 N–H and O–H groups in total. The largest absolute Gasteiger partial charge is 0.392 e. The summed E-state index contributed by atoms with van der Waals surface area (Å²) in [6.07, 6.45) is 1.12. The van der Waals surface area contributed by atoms with Crippen molar-refractivity contribution in [3.63, 3.8) is 0 Å². The molecule has 1 amide bonds. The first-order valence-corrected chi connectivity index (χ1v) is 5.61. The Hall–Kier alpha value is -1.92. The summed E-state index contributed by atoms with van der Waals surface area (Å²) >= 11 is 0. The molecule has 0 fully saturated rings. The van der Waals surface area contributed by atoms with E-state index in [9.17, 15) is 9.59 Å². The van der Waals surface area contributed by atoms with Crippen molar-refractivity contribution in [1.82, 2.24) is 5.43 Å². The van der Waals surface area contributed by atoms with Crippen molar-refractivity contribution in [3.8, 4) is 0 Å². The monoisotopic (exact) mass is 251 g/mol. The molecule has 6 nitrogen and oxygen atoms in total. The number of nitrogens with one attached hydrogen (secondary N) is 2.